The van der Waals surface area contributed by atoms with Gasteiger partial charge in [-0.3, -0.25) is 0 Å². The lowest BCUT2D eigenvalue weighted by molar-refractivity contribution is -0.0454. The minimum absolute atomic E-state index is 0.0167. The molecule has 2 N–H and O–H groups in total. The van der Waals surface area contributed by atoms with Crippen LogP contribution in [-0.4, -0.2) is 53.8 Å². The van der Waals surface area contributed by atoms with Crippen LogP contribution >= 0.6 is 0 Å². The molecule has 0 spiro atoms. The average Bonchev–Trinajstić information content (AvgIpc) is 2.39. The van der Waals surface area contributed by atoms with Gasteiger partial charge in [0, 0.05) is 38.4 Å². The standard InChI is InChI=1S/C13H25NO5S/c14-20(15,16)11-13(3-7-18-8-4-13)10-19-9-12-1-5-17-6-2-12/h12H,1-11H2,(H2,14,15,16). The Hall–Kier alpha value is -0.210. The fraction of sp³-hybridized carbons (Fsp3) is 1.00. The van der Waals surface area contributed by atoms with Crippen molar-refractivity contribution in [1.82, 2.24) is 0 Å². The molecule has 2 heterocycles. The van der Waals surface area contributed by atoms with E-state index in [1.54, 1.807) is 0 Å². The summed E-state index contributed by atoms with van der Waals surface area (Å²) in [5, 5.41) is 5.23. The molecule has 0 radical (unpaired) electrons. The van der Waals surface area contributed by atoms with Crippen molar-refractivity contribution < 1.29 is 22.6 Å². The second-order valence-electron chi connectivity index (χ2n) is 5.99. The summed E-state index contributed by atoms with van der Waals surface area (Å²) in [5.74, 6) is 0.507. The molecule has 0 aliphatic carbocycles. The molecule has 0 saturated carbocycles. The summed E-state index contributed by atoms with van der Waals surface area (Å²) in [4.78, 5) is 0. The van der Waals surface area contributed by atoms with E-state index in [0.29, 0.717) is 45.2 Å². The van der Waals surface area contributed by atoms with Crippen LogP contribution in [0.25, 0.3) is 0 Å². The van der Waals surface area contributed by atoms with Gasteiger partial charge in [-0.2, -0.15) is 0 Å². The van der Waals surface area contributed by atoms with Gasteiger partial charge in [0.15, 0.2) is 0 Å². The predicted molar refractivity (Wildman–Crippen MR) is 74.8 cm³/mol. The van der Waals surface area contributed by atoms with E-state index in [1.165, 1.54) is 0 Å². The molecule has 20 heavy (non-hydrogen) atoms. The van der Waals surface area contributed by atoms with Crippen molar-refractivity contribution in [2.45, 2.75) is 25.7 Å². The fourth-order valence-corrected chi connectivity index (χ4v) is 4.14. The number of nitrogens with two attached hydrogens (primary N) is 1. The smallest absolute Gasteiger partial charge is 0.209 e. The largest absolute Gasteiger partial charge is 0.381 e. The highest BCUT2D eigenvalue weighted by molar-refractivity contribution is 7.89. The van der Waals surface area contributed by atoms with Crippen molar-refractivity contribution >= 4 is 10.0 Å². The number of hydrogen-bond donors (Lipinski definition) is 1. The molecule has 0 aromatic carbocycles. The first-order valence-corrected chi connectivity index (χ1v) is 8.94. The SMILES string of the molecule is NS(=O)(=O)CC1(COCC2CCOCC2)CCOCC1. The zero-order valence-electron chi connectivity index (χ0n) is 11.9. The van der Waals surface area contributed by atoms with Gasteiger partial charge in [-0.25, -0.2) is 13.6 Å². The highest BCUT2D eigenvalue weighted by atomic mass is 32.2. The van der Waals surface area contributed by atoms with Crippen LogP contribution in [-0.2, 0) is 24.2 Å². The number of ether oxygens (including phenoxy) is 3. The molecular formula is C13H25NO5S. The average molecular weight is 307 g/mol. The second kappa shape index (κ2) is 7.17. The third kappa shape index (κ3) is 5.29. The zero-order valence-corrected chi connectivity index (χ0v) is 12.7. The Morgan fingerprint density at radius 2 is 1.70 bits per heavy atom. The van der Waals surface area contributed by atoms with Gasteiger partial charge < -0.3 is 14.2 Å². The van der Waals surface area contributed by atoms with Gasteiger partial charge in [0.25, 0.3) is 0 Å². The van der Waals surface area contributed by atoms with Crippen LogP contribution in [0, 0.1) is 11.3 Å². The van der Waals surface area contributed by atoms with Gasteiger partial charge in [-0.05, 0) is 31.6 Å². The molecule has 2 rings (SSSR count). The van der Waals surface area contributed by atoms with Crippen molar-refractivity contribution in [3.8, 4) is 0 Å². The lowest BCUT2D eigenvalue weighted by Gasteiger charge is -2.36. The van der Waals surface area contributed by atoms with Gasteiger partial charge in [0.1, 0.15) is 0 Å². The summed E-state index contributed by atoms with van der Waals surface area (Å²) in [5.41, 5.74) is -0.378. The second-order valence-corrected chi connectivity index (χ2v) is 7.60. The summed E-state index contributed by atoms with van der Waals surface area (Å²) in [7, 11) is -3.49. The molecule has 0 amide bonds. The van der Waals surface area contributed by atoms with Gasteiger partial charge >= 0.3 is 0 Å². The Labute approximate surface area is 121 Å². The Morgan fingerprint density at radius 1 is 1.10 bits per heavy atom. The molecule has 2 aliphatic heterocycles. The Bertz CT molecular complexity index is 386. The third-order valence-electron chi connectivity index (χ3n) is 4.16. The van der Waals surface area contributed by atoms with Crippen molar-refractivity contribution in [1.29, 1.82) is 0 Å². The summed E-state index contributed by atoms with van der Waals surface area (Å²) in [6.07, 6.45) is 3.42. The summed E-state index contributed by atoms with van der Waals surface area (Å²) in [6.45, 7) is 3.88. The summed E-state index contributed by atoms with van der Waals surface area (Å²) >= 11 is 0. The molecule has 0 atom stereocenters. The van der Waals surface area contributed by atoms with Crippen molar-refractivity contribution in [3.05, 3.63) is 0 Å². The Kier molecular flexibility index (Phi) is 5.80. The predicted octanol–water partition coefficient (Wildman–Crippen LogP) is 0.515. The molecule has 0 bridgehead atoms. The first-order chi connectivity index (χ1) is 9.49. The first kappa shape index (κ1) is 16.2. The van der Waals surface area contributed by atoms with E-state index in [2.05, 4.69) is 0 Å². The van der Waals surface area contributed by atoms with E-state index in [4.69, 9.17) is 19.3 Å². The monoisotopic (exact) mass is 307 g/mol. The molecule has 2 fully saturated rings. The van der Waals surface area contributed by atoms with E-state index < -0.39 is 10.0 Å². The van der Waals surface area contributed by atoms with Crippen LogP contribution in [0.15, 0.2) is 0 Å². The number of sulfonamides is 1. The molecule has 6 nitrogen and oxygen atoms in total. The van der Waals surface area contributed by atoms with Crippen LogP contribution < -0.4 is 5.14 Å². The molecular weight excluding hydrogens is 282 g/mol. The number of rotatable bonds is 6. The normalized spacial score (nSPS) is 24.6. The number of hydrogen-bond acceptors (Lipinski definition) is 5. The van der Waals surface area contributed by atoms with Crippen LogP contribution in [0.4, 0.5) is 0 Å². The van der Waals surface area contributed by atoms with Crippen molar-refractivity contribution in [2.75, 3.05) is 45.4 Å². The maximum atomic E-state index is 11.4. The molecule has 2 saturated heterocycles. The quantitative estimate of drug-likeness (QED) is 0.772. The summed E-state index contributed by atoms with van der Waals surface area (Å²) in [6, 6.07) is 0. The third-order valence-corrected chi connectivity index (χ3v) is 5.18. The van der Waals surface area contributed by atoms with E-state index in [-0.39, 0.29) is 11.2 Å². The lowest BCUT2D eigenvalue weighted by Crippen LogP contribution is -2.42. The van der Waals surface area contributed by atoms with E-state index in [1.807, 2.05) is 0 Å². The molecule has 7 heteroatoms. The van der Waals surface area contributed by atoms with E-state index in [9.17, 15) is 8.42 Å². The van der Waals surface area contributed by atoms with E-state index in [0.717, 1.165) is 26.1 Å². The van der Waals surface area contributed by atoms with Crippen molar-refractivity contribution in [2.24, 2.45) is 16.5 Å². The number of primary sulfonamides is 1. The maximum Gasteiger partial charge on any atom is 0.209 e. The summed E-state index contributed by atoms with van der Waals surface area (Å²) < 4.78 is 39.3. The molecule has 0 unspecified atom stereocenters. The lowest BCUT2D eigenvalue weighted by atomic mass is 9.83. The zero-order chi connectivity index (χ0) is 14.5. The highest BCUT2D eigenvalue weighted by Crippen LogP contribution is 2.32. The molecule has 0 aromatic heterocycles. The minimum Gasteiger partial charge on any atom is -0.381 e. The van der Waals surface area contributed by atoms with Crippen LogP contribution in [0.1, 0.15) is 25.7 Å². The van der Waals surface area contributed by atoms with Gasteiger partial charge in [-0.1, -0.05) is 0 Å². The minimum atomic E-state index is -3.49. The highest BCUT2D eigenvalue weighted by Gasteiger charge is 2.36. The van der Waals surface area contributed by atoms with Crippen LogP contribution in [0.3, 0.4) is 0 Å². The molecule has 118 valence electrons. The van der Waals surface area contributed by atoms with Gasteiger partial charge in [0.2, 0.25) is 10.0 Å². The molecule has 2 aliphatic rings. The Balaban J connectivity index is 1.83. The van der Waals surface area contributed by atoms with Crippen molar-refractivity contribution in [3.63, 3.8) is 0 Å². The maximum absolute atomic E-state index is 11.4. The van der Waals surface area contributed by atoms with Gasteiger partial charge in [-0.15, -0.1) is 0 Å². The van der Waals surface area contributed by atoms with Gasteiger partial charge in [0.05, 0.1) is 12.4 Å². The fourth-order valence-electron chi connectivity index (χ4n) is 2.92. The Morgan fingerprint density at radius 3 is 2.30 bits per heavy atom. The first-order valence-electron chi connectivity index (χ1n) is 7.23. The van der Waals surface area contributed by atoms with Crippen LogP contribution in [0.2, 0.25) is 0 Å². The van der Waals surface area contributed by atoms with E-state index >= 15 is 0 Å². The topological polar surface area (TPSA) is 87.9 Å². The van der Waals surface area contributed by atoms with Crippen LogP contribution in [0.5, 0.6) is 0 Å². The molecule has 0 aromatic rings.